The van der Waals surface area contributed by atoms with E-state index < -0.39 is 27.8 Å². The van der Waals surface area contributed by atoms with Crippen molar-refractivity contribution in [1.29, 1.82) is 0 Å². The van der Waals surface area contributed by atoms with Gasteiger partial charge in [-0.1, -0.05) is 37.3 Å². The molecule has 300 valence electrons. The monoisotopic (exact) mass is 1020 g/mol. The number of anilines is 2. The van der Waals surface area contributed by atoms with Gasteiger partial charge in [0.15, 0.2) is 46.0 Å². The summed E-state index contributed by atoms with van der Waals surface area (Å²) in [6.45, 7) is 2.54. The van der Waals surface area contributed by atoms with Gasteiger partial charge in [-0.2, -0.15) is 4.31 Å². The topological polar surface area (TPSA) is 157 Å². The van der Waals surface area contributed by atoms with Crippen LogP contribution in [0.2, 0.25) is 0 Å². The highest BCUT2D eigenvalue weighted by molar-refractivity contribution is 14.1. The lowest BCUT2D eigenvalue weighted by Gasteiger charge is -2.34. The minimum Gasteiger partial charge on any atom is -0.493 e. The van der Waals surface area contributed by atoms with Crippen molar-refractivity contribution in [3.05, 3.63) is 119 Å². The number of sulfonamides is 1. The van der Waals surface area contributed by atoms with E-state index in [0.29, 0.717) is 55.2 Å². The number of carbonyl (C=O) groups is 4. The summed E-state index contributed by atoms with van der Waals surface area (Å²) in [5.74, 6) is -0.996. The third kappa shape index (κ3) is 11.1. The molecule has 0 atom stereocenters. The van der Waals surface area contributed by atoms with Crippen molar-refractivity contribution in [1.82, 2.24) is 4.31 Å². The molecule has 0 saturated heterocycles. The molecule has 0 unspecified atom stereocenters. The molecule has 12 nitrogen and oxygen atoms in total. The number of nitrogens with one attached hydrogen (secondary N) is 2. The fourth-order valence-corrected chi connectivity index (χ4v) is 9.27. The molecule has 15 heteroatoms. The van der Waals surface area contributed by atoms with E-state index in [1.54, 1.807) is 83.3 Å². The lowest BCUT2D eigenvalue weighted by Crippen LogP contribution is -2.42. The van der Waals surface area contributed by atoms with E-state index in [2.05, 4.69) is 10.6 Å². The number of nitrogens with zero attached hydrogens (tertiary/aromatic N) is 1. The van der Waals surface area contributed by atoms with Gasteiger partial charge in [0, 0.05) is 23.8 Å². The zero-order valence-electron chi connectivity index (χ0n) is 31.2. The molecule has 2 N–H and O–H groups in total. The van der Waals surface area contributed by atoms with E-state index in [1.807, 2.05) is 36.4 Å². The SMILES string of the molecule is CCN(C1CCC(C(=O)OI)CC1)S(=O)(=O)c1cccc(C(=O)Nc2ccc(OCC3CC3)cc2C(=O)Nc2ccc(CCc3ccc(C(=O)OI)cc3)cc2)c1. The Morgan fingerprint density at radius 2 is 1.40 bits per heavy atom. The van der Waals surface area contributed by atoms with Crippen LogP contribution >= 0.6 is 46.0 Å². The van der Waals surface area contributed by atoms with Crippen LogP contribution in [0.4, 0.5) is 11.4 Å². The van der Waals surface area contributed by atoms with Crippen LogP contribution in [-0.2, 0) is 33.8 Å². The van der Waals surface area contributed by atoms with Crippen molar-refractivity contribution in [3.63, 3.8) is 0 Å². The molecular formula is C42H43I2N3O9S. The van der Waals surface area contributed by atoms with E-state index in [0.717, 1.165) is 36.8 Å². The lowest BCUT2D eigenvalue weighted by atomic mass is 9.86. The van der Waals surface area contributed by atoms with Gasteiger partial charge in [-0.25, -0.2) is 13.2 Å². The third-order valence-corrected chi connectivity index (χ3v) is 13.2. The van der Waals surface area contributed by atoms with Gasteiger partial charge in [-0.05, 0) is 129 Å². The Hall–Kier alpha value is -4.07. The standard InChI is InChI=1S/C42H43I2N3O9S/c1-2-47(34-20-16-31(17-21-34)42(51)56-44)57(52,53)36-5-3-4-32(24-36)39(48)46-38-23-22-35(54-26-29-8-9-29)25-37(38)40(49)45-33-18-12-28(13-19-33)7-6-27-10-14-30(15-11-27)41(50)55-43/h3-5,10-15,18-19,22-25,29,31,34H,2,6-9,16-17,20-21,26H2,1H3,(H,45,49)(H,46,48). The smallest absolute Gasteiger partial charge is 0.347 e. The van der Waals surface area contributed by atoms with Crippen LogP contribution in [0.3, 0.4) is 0 Å². The first kappa shape index (κ1) is 42.5. The maximum absolute atomic E-state index is 13.9. The number of hydrogen-bond donors (Lipinski definition) is 2. The molecule has 0 heterocycles. The summed E-state index contributed by atoms with van der Waals surface area (Å²) in [7, 11) is -3.98. The Morgan fingerprint density at radius 1 is 0.737 bits per heavy atom. The second kappa shape index (κ2) is 19.6. The summed E-state index contributed by atoms with van der Waals surface area (Å²) >= 11 is 3.15. The number of amides is 2. The molecule has 2 amide bonds. The molecule has 0 spiro atoms. The van der Waals surface area contributed by atoms with Gasteiger partial charge < -0.3 is 21.5 Å². The fourth-order valence-electron chi connectivity index (χ4n) is 6.92. The average Bonchev–Trinajstić information content (AvgIpc) is 4.08. The van der Waals surface area contributed by atoms with E-state index in [1.165, 1.54) is 28.6 Å². The van der Waals surface area contributed by atoms with Crippen molar-refractivity contribution in [2.24, 2.45) is 11.8 Å². The molecule has 57 heavy (non-hydrogen) atoms. The van der Waals surface area contributed by atoms with Crippen LogP contribution in [0.5, 0.6) is 5.75 Å². The summed E-state index contributed by atoms with van der Waals surface area (Å²) in [4.78, 5) is 51.3. The molecule has 4 aromatic carbocycles. The number of aryl methyl sites for hydroxylation is 2. The van der Waals surface area contributed by atoms with Gasteiger partial charge in [0.05, 0.1) is 34.2 Å². The van der Waals surface area contributed by atoms with Crippen LogP contribution in [0.1, 0.15) is 87.6 Å². The van der Waals surface area contributed by atoms with Crippen molar-refractivity contribution in [2.45, 2.75) is 69.2 Å². The number of rotatable bonds is 16. The van der Waals surface area contributed by atoms with E-state index >= 15 is 0 Å². The highest BCUT2D eigenvalue weighted by atomic mass is 127. The summed E-state index contributed by atoms with van der Waals surface area (Å²) in [5, 5.41) is 5.75. The third-order valence-electron chi connectivity index (χ3n) is 10.4. The van der Waals surface area contributed by atoms with Crippen LogP contribution < -0.4 is 15.4 Å². The van der Waals surface area contributed by atoms with Crippen LogP contribution in [0.25, 0.3) is 0 Å². The van der Waals surface area contributed by atoms with Crippen molar-refractivity contribution in [3.8, 4) is 5.75 Å². The largest absolute Gasteiger partial charge is 0.493 e. The van der Waals surface area contributed by atoms with E-state index in [-0.39, 0.29) is 46.2 Å². The van der Waals surface area contributed by atoms with Gasteiger partial charge in [-0.3, -0.25) is 14.4 Å². The Bertz CT molecular complexity index is 2190. The molecule has 6 rings (SSSR count). The minimum atomic E-state index is -3.98. The van der Waals surface area contributed by atoms with Crippen molar-refractivity contribution < 1.29 is 38.5 Å². The normalized spacial score (nSPS) is 16.7. The van der Waals surface area contributed by atoms with Crippen LogP contribution in [-0.4, -0.2) is 55.7 Å². The predicted octanol–water partition coefficient (Wildman–Crippen LogP) is 8.73. The molecule has 2 saturated carbocycles. The first-order valence-electron chi connectivity index (χ1n) is 18.8. The van der Waals surface area contributed by atoms with Crippen LogP contribution in [0, 0.1) is 11.8 Å². The average molecular weight is 1020 g/mol. The Morgan fingerprint density at radius 3 is 2.02 bits per heavy atom. The predicted molar refractivity (Wildman–Crippen MR) is 232 cm³/mol. The molecule has 2 aliphatic rings. The number of benzene rings is 4. The van der Waals surface area contributed by atoms with Crippen LogP contribution in [0.15, 0.2) is 95.9 Å². The summed E-state index contributed by atoms with van der Waals surface area (Å²) in [6.07, 6.45) is 5.81. The quantitative estimate of drug-likeness (QED) is 0.105. The molecule has 0 aliphatic heterocycles. The van der Waals surface area contributed by atoms with Gasteiger partial charge in [0.25, 0.3) is 11.8 Å². The first-order chi connectivity index (χ1) is 27.5. The number of ether oxygens (including phenoxy) is 1. The maximum Gasteiger partial charge on any atom is 0.347 e. The van der Waals surface area contributed by atoms with E-state index in [4.69, 9.17) is 10.9 Å². The summed E-state index contributed by atoms with van der Waals surface area (Å²) in [5.41, 5.74) is 3.70. The summed E-state index contributed by atoms with van der Waals surface area (Å²) in [6, 6.07) is 25.3. The number of carbonyl (C=O) groups excluding carboxylic acids is 4. The van der Waals surface area contributed by atoms with Gasteiger partial charge >= 0.3 is 11.9 Å². The number of halogens is 2. The highest BCUT2D eigenvalue weighted by Gasteiger charge is 2.36. The second-order valence-corrected chi connectivity index (χ2v) is 17.0. The zero-order chi connectivity index (χ0) is 40.5. The Labute approximate surface area is 360 Å². The minimum absolute atomic E-state index is 0.0211. The van der Waals surface area contributed by atoms with Gasteiger partial charge in [0.2, 0.25) is 10.0 Å². The van der Waals surface area contributed by atoms with Gasteiger partial charge in [0.1, 0.15) is 5.75 Å². The zero-order valence-corrected chi connectivity index (χ0v) is 36.4. The molecule has 2 fully saturated rings. The van der Waals surface area contributed by atoms with Crippen molar-refractivity contribution in [2.75, 3.05) is 23.8 Å². The van der Waals surface area contributed by atoms with Gasteiger partial charge in [-0.15, -0.1) is 0 Å². The highest BCUT2D eigenvalue weighted by Crippen LogP contribution is 2.33. The second-order valence-electron chi connectivity index (χ2n) is 14.3. The molecule has 0 aromatic heterocycles. The fraction of sp³-hybridized carbons (Fsp3) is 0.333. The first-order valence-corrected chi connectivity index (χ1v) is 22.0. The number of hydrogen-bond acceptors (Lipinski definition) is 9. The Kier molecular flexibility index (Phi) is 14.6. The molecular weight excluding hydrogens is 976 g/mol. The maximum atomic E-state index is 13.9. The Balaban J connectivity index is 1.14. The molecule has 4 aromatic rings. The summed E-state index contributed by atoms with van der Waals surface area (Å²) < 4.78 is 44.8. The molecule has 0 radical (unpaired) electrons. The van der Waals surface area contributed by atoms with E-state index in [9.17, 15) is 27.6 Å². The lowest BCUT2D eigenvalue weighted by molar-refractivity contribution is -0.137. The molecule has 0 bridgehead atoms. The van der Waals surface area contributed by atoms with Crippen molar-refractivity contribution >= 4 is 91.2 Å². The molecule has 2 aliphatic carbocycles.